The summed E-state index contributed by atoms with van der Waals surface area (Å²) in [6, 6.07) is 8.01. The average Bonchev–Trinajstić information content (AvgIpc) is 2.22. The fourth-order valence-electron chi connectivity index (χ4n) is 1.58. The predicted octanol–water partition coefficient (Wildman–Crippen LogP) is 0.785. The highest BCUT2D eigenvalue weighted by molar-refractivity contribution is 7.85. The Morgan fingerprint density at radius 3 is 2.50 bits per heavy atom. The summed E-state index contributed by atoms with van der Waals surface area (Å²) in [6.45, 7) is 0. The van der Waals surface area contributed by atoms with Crippen molar-refractivity contribution in [1.82, 2.24) is 4.57 Å². The van der Waals surface area contributed by atoms with E-state index in [-0.39, 0.29) is 0 Å². The van der Waals surface area contributed by atoms with Gasteiger partial charge in [0, 0.05) is 7.05 Å². The molecule has 0 aliphatic carbocycles. The van der Waals surface area contributed by atoms with Crippen LogP contribution in [0.3, 0.4) is 0 Å². The first-order valence-electron chi connectivity index (χ1n) is 4.47. The van der Waals surface area contributed by atoms with Gasteiger partial charge in [0.15, 0.2) is 4.90 Å². The monoisotopic (exact) mass is 239 g/mol. The maximum absolute atomic E-state index is 11.7. The van der Waals surface area contributed by atoms with Gasteiger partial charge in [0.25, 0.3) is 15.7 Å². The van der Waals surface area contributed by atoms with Gasteiger partial charge in [-0.15, -0.1) is 0 Å². The Bertz CT molecular complexity index is 715. The van der Waals surface area contributed by atoms with Gasteiger partial charge in [-0.3, -0.25) is 9.35 Å². The van der Waals surface area contributed by atoms with Crippen molar-refractivity contribution >= 4 is 21.0 Å². The van der Waals surface area contributed by atoms with Crippen molar-refractivity contribution in [3.63, 3.8) is 0 Å². The van der Waals surface area contributed by atoms with Crippen molar-refractivity contribution in [3.8, 4) is 0 Å². The largest absolute Gasteiger partial charge is 0.310 e. The minimum absolute atomic E-state index is 0.581. The van der Waals surface area contributed by atoms with Crippen LogP contribution in [0.5, 0.6) is 0 Å². The molecule has 0 fully saturated rings. The third-order valence-electron chi connectivity index (χ3n) is 2.38. The molecule has 5 nitrogen and oxygen atoms in total. The number of benzene rings is 1. The van der Waals surface area contributed by atoms with Crippen LogP contribution in [0.25, 0.3) is 10.9 Å². The van der Waals surface area contributed by atoms with E-state index in [9.17, 15) is 13.2 Å². The molecule has 6 heteroatoms. The van der Waals surface area contributed by atoms with Crippen LogP contribution in [-0.2, 0) is 17.2 Å². The zero-order valence-electron chi connectivity index (χ0n) is 8.41. The lowest BCUT2D eigenvalue weighted by atomic mass is 10.2. The Labute approximate surface area is 91.7 Å². The molecule has 0 aliphatic rings. The van der Waals surface area contributed by atoms with Gasteiger partial charge in [-0.05, 0) is 17.5 Å². The summed E-state index contributed by atoms with van der Waals surface area (Å²) in [7, 11) is -3.02. The van der Waals surface area contributed by atoms with Crippen molar-refractivity contribution in [2.75, 3.05) is 0 Å². The molecule has 2 aromatic rings. The molecule has 0 saturated heterocycles. The molecule has 1 heterocycles. The number of rotatable bonds is 1. The van der Waals surface area contributed by atoms with Crippen LogP contribution in [0.4, 0.5) is 0 Å². The average molecular weight is 239 g/mol. The third kappa shape index (κ3) is 1.62. The van der Waals surface area contributed by atoms with Gasteiger partial charge in [-0.25, -0.2) is 0 Å². The maximum Gasteiger partial charge on any atom is 0.300 e. The predicted molar refractivity (Wildman–Crippen MR) is 59.0 cm³/mol. The van der Waals surface area contributed by atoms with Gasteiger partial charge in [0.05, 0.1) is 5.52 Å². The highest BCUT2D eigenvalue weighted by Gasteiger charge is 2.17. The van der Waals surface area contributed by atoms with Crippen LogP contribution in [0.2, 0.25) is 0 Å². The van der Waals surface area contributed by atoms with E-state index in [1.807, 2.05) is 0 Å². The number of para-hydroxylation sites is 1. The number of aromatic nitrogens is 1. The Morgan fingerprint density at radius 2 is 1.88 bits per heavy atom. The van der Waals surface area contributed by atoms with E-state index in [0.717, 1.165) is 0 Å². The van der Waals surface area contributed by atoms with E-state index in [1.54, 1.807) is 24.3 Å². The Balaban J connectivity index is 3.02. The molecule has 0 spiro atoms. The van der Waals surface area contributed by atoms with E-state index in [1.165, 1.54) is 17.7 Å². The smallest absolute Gasteiger partial charge is 0.300 e. The summed E-state index contributed by atoms with van der Waals surface area (Å²) < 4.78 is 32.1. The van der Waals surface area contributed by atoms with E-state index in [2.05, 4.69) is 0 Å². The third-order valence-corrected chi connectivity index (χ3v) is 3.23. The summed E-state index contributed by atoms with van der Waals surface area (Å²) in [6.07, 6.45) is 0. The van der Waals surface area contributed by atoms with Crippen LogP contribution in [0.15, 0.2) is 40.0 Å². The molecule has 0 aliphatic heterocycles. The highest BCUT2D eigenvalue weighted by atomic mass is 32.2. The van der Waals surface area contributed by atoms with Gasteiger partial charge in [-0.2, -0.15) is 8.42 Å². The quantitative estimate of drug-likeness (QED) is 0.746. The van der Waals surface area contributed by atoms with E-state index in [0.29, 0.717) is 10.9 Å². The molecular formula is C10H9NO4S. The number of hydrogen-bond acceptors (Lipinski definition) is 3. The number of hydrogen-bond donors (Lipinski definition) is 1. The summed E-state index contributed by atoms with van der Waals surface area (Å²) in [5.74, 6) is 0. The van der Waals surface area contributed by atoms with Crippen molar-refractivity contribution in [2.45, 2.75) is 4.90 Å². The molecule has 0 radical (unpaired) electrons. The lowest BCUT2D eigenvalue weighted by Gasteiger charge is -2.06. The molecule has 84 valence electrons. The van der Waals surface area contributed by atoms with Gasteiger partial charge >= 0.3 is 0 Å². The first-order valence-corrected chi connectivity index (χ1v) is 5.91. The first-order chi connectivity index (χ1) is 7.41. The molecule has 0 amide bonds. The number of aryl methyl sites for hydroxylation is 1. The van der Waals surface area contributed by atoms with Crippen LogP contribution < -0.4 is 5.56 Å². The first kappa shape index (κ1) is 10.8. The highest BCUT2D eigenvalue weighted by Crippen LogP contribution is 2.14. The second-order valence-electron chi connectivity index (χ2n) is 3.41. The maximum atomic E-state index is 11.7. The fourth-order valence-corrected chi connectivity index (χ4v) is 2.21. The van der Waals surface area contributed by atoms with Crippen molar-refractivity contribution in [3.05, 3.63) is 40.7 Å². The number of fused-ring (bicyclic) bond motifs is 1. The van der Waals surface area contributed by atoms with Gasteiger partial charge in [0.2, 0.25) is 0 Å². The normalized spacial score (nSPS) is 11.9. The van der Waals surface area contributed by atoms with Crippen molar-refractivity contribution < 1.29 is 13.0 Å². The lowest BCUT2D eigenvalue weighted by Crippen LogP contribution is -2.23. The minimum Gasteiger partial charge on any atom is -0.310 e. The van der Waals surface area contributed by atoms with E-state index < -0.39 is 20.6 Å². The Hall–Kier alpha value is -1.66. The number of pyridine rings is 1. The van der Waals surface area contributed by atoms with Gasteiger partial charge in [0.1, 0.15) is 0 Å². The molecule has 0 saturated carbocycles. The standard InChI is InChI=1S/C10H9NO4S/c1-11-8-5-3-2-4-7(8)6-9(10(11)12)16(13,14)15/h2-6H,1H3,(H,13,14,15). The summed E-state index contributed by atoms with van der Waals surface area (Å²) in [5.41, 5.74) is -0.124. The second kappa shape index (κ2) is 3.43. The second-order valence-corrected chi connectivity index (χ2v) is 4.80. The van der Waals surface area contributed by atoms with Crippen LogP contribution in [0, 0.1) is 0 Å². The van der Waals surface area contributed by atoms with E-state index >= 15 is 0 Å². The van der Waals surface area contributed by atoms with Crippen molar-refractivity contribution in [1.29, 1.82) is 0 Å². The molecule has 0 atom stereocenters. The van der Waals surface area contributed by atoms with Gasteiger partial charge < -0.3 is 4.57 Å². The number of nitrogens with zero attached hydrogens (tertiary/aromatic N) is 1. The summed E-state index contributed by atoms with van der Waals surface area (Å²) in [5, 5.41) is 0.581. The Morgan fingerprint density at radius 1 is 1.25 bits per heavy atom. The molecule has 1 aromatic heterocycles. The molecule has 0 unspecified atom stereocenters. The molecule has 1 aromatic carbocycles. The van der Waals surface area contributed by atoms with E-state index in [4.69, 9.17) is 4.55 Å². The molecule has 16 heavy (non-hydrogen) atoms. The molecular weight excluding hydrogens is 230 g/mol. The molecule has 2 rings (SSSR count). The molecule has 0 bridgehead atoms. The fraction of sp³-hybridized carbons (Fsp3) is 0.100. The minimum atomic E-state index is -4.48. The lowest BCUT2D eigenvalue weighted by molar-refractivity contribution is 0.481. The Kier molecular flexibility index (Phi) is 2.32. The SMILES string of the molecule is Cn1c(=O)c(S(=O)(=O)O)cc2ccccc21. The zero-order valence-corrected chi connectivity index (χ0v) is 9.23. The van der Waals surface area contributed by atoms with Crippen LogP contribution >= 0.6 is 0 Å². The van der Waals surface area contributed by atoms with Crippen LogP contribution in [0.1, 0.15) is 0 Å². The summed E-state index contributed by atoms with van der Waals surface area (Å²) in [4.78, 5) is 11.1. The summed E-state index contributed by atoms with van der Waals surface area (Å²) >= 11 is 0. The molecule has 1 N–H and O–H groups in total. The zero-order chi connectivity index (χ0) is 11.9. The van der Waals surface area contributed by atoms with Crippen molar-refractivity contribution in [2.24, 2.45) is 7.05 Å². The van der Waals surface area contributed by atoms with Crippen LogP contribution in [-0.4, -0.2) is 17.5 Å². The topological polar surface area (TPSA) is 76.4 Å². The van der Waals surface area contributed by atoms with Gasteiger partial charge in [-0.1, -0.05) is 18.2 Å².